The van der Waals surface area contributed by atoms with Gasteiger partial charge in [0, 0.05) is 12.7 Å². The highest BCUT2D eigenvalue weighted by atomic mass is 35.5. The third-order valence-corrected chi connectivity index (χ3v) is 2.96. The van der Waals surface area contributed by atoms with Crippen LogP contribution >= 0.6 is 11.6 Å². The summed E-state index contributed by atoms with van der Waals surface area (Å²) in [5.74, 6) is 0.321. The lowest BCUT2D eigenvalue weighted by Gasteiger charge is -2.18. The summed E-state index contributed by atoms with van der Waals surface area (Å²) < 4.78 is 12.9. The molecule has 0 aliphatic carbocycles. The molecule has 0 saturated carbocycles. The molecule has 2 heterocycles. The molecule has 0 spiro atoms. The van der Waals surface area contributed by atoms with E-state index < -0.39 is 0 Å². The van der Waals surface area contributed by atoms with Gasteiger partial charge in [-0.1, -0.05) is 0 Å². The van der Waals surface area contributed by atoms with Gasteiger partial charge in [-0.2, -0.15) is 15.1 Å². The number of hydrogen-bond donors (Lipinski definition) is 1. The van der Waals surface area contributed by atoms with Gasteiger partial charge in [0.05, 0.1) is 11.6 Å². The highest BCUT2D eigenvalue weighted by Crippen LogP contribution is 2.28. The summed E-state index contributed by atoms with van der Waals surface area (Å²) in [6.45, 7) is 0. The second-order valence-electron chi connectivity index (χ2n) is 3.98. The maximum Gasteiger partial charge on any atom is 0.226 e. The lowest BCUT2D eigenvalue weighted by Crippen LogP contribution is -2.12. The van der Waals surface area contributed by atoms with E-state index in [1.807, 2.05) is 7.05 Å². The molecule has 0 aliphatic rings. The van der Waals surface area contributed by atoms with E-state index in [-0.39, 0.29) is 11.1 Å². The van der Waals surface area contributed by atoms with E-state index >= 15 is 0 Å². The fraction of sp³-hybridized carbons (Fsp3) is 0.0833. The lowest BCUT2D eigenvalue weighted by molar-refractivity contribution is 0.628. The minimum atomic E-state index is -0.286. The van der Waals surface area contributed by atoms with Gasteiger partial charge >= 0.3 is 0 Å². The number of rotatable bonds is 2. The molecule has 0 bridgehead atoms. The molecule has 1 N–H and O–H groups in total. The van der Waals surface area contributed by atoms with Gasteiger partial charge in [-0.25, -0.2) is 4.39 Å². The summed E-state index contributed by atoms with van der Waals surface area (Å²) >= 11 is 5.88. The summed E-state index contributed by atoms with van der Waals surface area (Å²) in [6, 6.07) is 6.11. The monoisotopic (exact) mass is 277 g/mol. The van der Waals surface area contributed by atoms with Gasteiger partial charge in [0.2, 0.25) is 5.28 Å². The van der Waals surface area contributed by atoms with Crippen LogP contribution in [0.5, 0.6) is 0 Å². The van der Waals surface area contributed by atoms with E-state index in [9.17, 15) is 4.39 Å². The molecule has 0 aliphatic heterocycles. The molecule has 0 fully saturated rings. The first-order valence-electron chi connectivity index (χ1n) is 5.51. The second kappa shape index (κ2) is 4.47. The molecule has 7 heteroatoms. The lowest BCUT2D eigenvalue weighted by atomic mass is 10.2. The van der Waals surface area contributed by atoms with Crippen LogP contribution in [0.3, 0.4) is 0 Å². The highest BCUT2D eigenvalue weighted by molar-refractivity contribution is 6.28. The number of nitrogens with one attached hydrogen (secondary N) is 1. The van der Waals surface area contributed by atoms with Crippen molar-refractivity contribution in [1.82, 2.24) is 20.2 Å². The zero-order valence-electron chi connectivity index (χ0n) is 9.93. The molecule has 0 amide bonds. The number of aromatic amines is 1. The molecule has 2 aromatic heterocycles. The Morgan fingerprint density at radius 1 is 1.21 bits per heavy atom. The molecule has 0 saturated heterocycles. The van der Waals surface area contributed by atoms with Crippen LogP contribution in [0.1, 0.15) is 0 Å². The number of benzene rings is 1. The number of halogens is 2. The summed E-state index contributed by atoms with van der Waals surface area (Å²) in [5.41, 5.74) is 1.35. The zero-order valence-corrected chi connectivity index (χ0v) is 10.7. The van der Waals surface area contributed by atoms with Crippen LogP contribution < -0.4 is 4.90 Å². The summed E-state index contributed by atoms with van der Waals surface area (Å²) in [6.07, 6.45) is 1.63. The molecule has 1 aromatic carbocycles. The molecule has 96 valence electrons. The van der Waals surface area contributed by atoms with Gasteiger partial charge in [0.25, 0.3) is 0 Å². The van der Waals surface area contributed by atoms with Gasteiger partial charge in [-0.3, -0.25) is 5.10 Å². The average molecular weight is 278 g/mol. The molecule has 3 aromatic rings. The van der Waals surface area contributed by atoms with Crippen molar-refractivity contribution in [2.24, 2.45) is 0 Å². The van der Waals surface area contributed by atoms with Crippen molar-refractivity contribution >= 4 is 34.1 Å². The standard InChI is InChI=1S/C12H9ClFN5/c1-19(8-4-2-7(14)3-5-8)11-9-6-15-18-10(9)16-12(13)17-11/h2-6H,1H3,(H,15,16,17,18). The Labute approximate surface area is 113 Å². The summed E-state index contributed by atoms with van der Waals surface area (Å²) in [7, 11) is 1.82. The molecule has 3 rings (SSSR count). The first kappa shape index (κ1) is 11.9. The van der Waals surface area contributed by atoms with Gasteiger partial charge < -0.3 is 4.90 Å². The van der Waals surface area contributed by atoms with E-state index in [1.165, 1.54) is 12.1 Å². The predicted octanol–water partition coefficient (Wildman–Crippen LogP) is 2.91. The van der Waals surface area contributed by atoms with Crippen molar-refractivity contribution < 1.29 is 4.39 Å². The first-order valence-corrected chi connectivity index (χ1v) is 5.89. The highest BCUT2D eigenvalue weighted by Gasteiger charge is 2.13. The van der Waals surface area contributed by atoms with Crippen LogP contribution in [0.15, 0.2) is 30.5 Å². The van der Waals surface area contributed by atoms with Crippen LogP contribution in [0, 0.1) is 5.82 Å². The SMILES string of the molecule is CN(c1ccc(F)cc1)c1nc(Cl)nc2[nH]ncc12. The Morgan fingerprint density at radius 3 is 2.68 bits per heavy atom. The molecule has 19 heavy (non-hydrogen) atoms. The Kier molecular flexibility index (Phi) is 2.79. The Morgan fingerprint density at radius 2 is 1.95 bits per heavy atom. The largest absolute Gasteiger partial charge is 0.329 e. The van der Waals surface area contributed by atoms with Gasteiger partial charge in [-0.15, -0.1) is 0 Å². The topological polar surface area (TPSA) is 57.7 Å². The normalized spacial score (nSPS) is 10.9. The van der Waals surface area contributed by atoms with Crippen LogP contribution in [-0.2, 0) is 0 Å². The molecular formula is C12H9ClFN5. The Hall–Kier alpha value is -2.21. The van der Waals surface area contributed by atoms with Crippen molar-refractivity contribution in [3.05, 3.63) is 41.6 Å². The van der Waals surface area contributed by atoms with Crippen LogP contribution in [0.2, 0.25) is 5.28 Å². The van der Waals surface area contributed by atoms with Crippen LogP contribution in [0.4, 0.5) is 15.9 Å². The number of fused-ring (bicyclic) bond motifs is 1. The average Bonchev–Trinajstić information content (AvgIpc) is 2.85. The smallest absolute Gasteiger partial charge is 0.226 e. The van der Waals surface area contributed by atoms with E-state index in [0.29, 0.717) is 11.5 Å². The number of H-pyrrole nitrogens is 1. The van der Waals surface area contributed by atoms with E-state index in [1.54, 1.807) is 23.2 Å². The van der Waals surface area contributed by atoms with E-state index in [2.05, 4.69) is 20.2 Å². The van der Waals surface area contributed by atoms with Crippen molar-refractivity contribution in [1.29, 1.82) is 0 Å². The van der Waals surface area contributed by atoms with E-state index in [4.69, 9.17) is 11.6 Å². The third-order valence-electron chi connectivity index (χ3n) is 2.79. The van der Waals surface area contributed by atoms with E-state index in [0.717, 1.165) is 11.1 Å². The molecule has 0 atom stereocenters. The quantitative estimate of drug-likeness (QED) is 0.732. The van der Waals surface area contributed by atoms with Crippen molar-refractivity contribution in [3.63, 3.8) is 0 Å². The fourth-order valence-corrected chi connectivity index (χ4v) is 2.00. The molecule has 5 nitrogen and oxygen atoms in total. The van der Waals surface area contributed by atoms with Gasteiger partial charge in [0.15, 0.2) is 5.65 Å². The maximum atomic E-state index is 12.9. The number of nitrogens with zero attached hydrogens (tertiary/aromatic N) is 4. The Bertz CT molecular complexity index is 725. The molecule has 0 unspecified atom stereocenters. The summed E-state index contributed by atoms with van der Waals surface area (Å²) in [5, 5.41) is 7.54. The van der Waals surface area contributed by atoms with Crippen LogP contribution in [-0.4, -0.2) is 27.2 Å². The summed E-state index contributed by atoms with van der Waals surface area (Å²) in [4.78, 5) is 10.0. The Balaban J connectivity index is 2.12. The minimum absolute atomic E-state index is 0.126. The van der Waals surface area contributed by atoms with Crippen molar-refractivity contribution in [2.75, 3.05) is 11.9 Å². The number of anilines is 2. The molecular weight excluding hydrogens is 269 g/mol. The van der Waals surface area contributed by atoms with Gasteiger partial charge in [-0.05, 0) is 35.9 Å². The number of hydrogen-bond acceptors (Lipinski definition) is 4. The molecule has 0 radical (unpaired) electrons. The maximum absolute atomic E-state index is 12.9. The third kappa shape index (κ3) is 2.10. The van der Waals surface area contributed by atoms with Gasteiger partial charge in [0.1, 0.15) is 11.6 Å². The van der Waals surface area contributed by atoms with Crippen molar-refractivity contribution in [3.8, 4) is 0 Å². The predicted molar refractivity (Wildman–Crippen MR) is 71.2 cm³/mol. The minimum Gasteiger partial charge on any atom is -0.329 e. The second-order valence-corrected chi connectivity index (χ2v) is 4.32. The first-order chi connectivity index (χ1) is 9.15. The fourth-order valence-electron chi connectivity index (χ4n) is 1.84. The number of aromatic nitrogens is 4. The van der Waals surface area contributed by atoms with Crippen molar-refractivity contribution in [2.45, 2.75) is 0 Å². The van der Waals surface area contributed by atoms with Crippen LogP contribution in [0.25, 0.3) is 11.0 Å². The zero-order chi connectivity index (χ0) is 13.4.